The highest BCUT2D eigenvalue weighted by Crippen LogP contribution is 2.18. The standard InChI is InChI=1S/C14H18BrN3O3/c1-2-5-17-13(19)11-9-21-8-7-18(11)14(20)10-4-3-6-16-12(10)15/h3-4,6,11H,2,5,7-9H2,1H3,(H,17,19). The van der Waals surface area contributed by atoms with Crippen molar-refractivity contribution < 1.29 is 14.3 Å². The van der Waals surface area contributed by atoms with Gasteiger partial charge in [-0.2, -0.15) is 0 Å². The van der Waals surface area contributed by atoms with Gasteiger partial charge in [0.1, 0.15) is 10.6 Å². The van der Waals surface area contributed by atoms with E-state index in [1.807, 2.05) is 6.92 Å². The van der Waals surface area contributed by atoms with Gasteiger partial charge in [0.15, 0.2) is 0 Å². The van der Waals surface area contributed by atoms with Gasteiger partial charge >= 0.3 is 0 Å². The Hall–Kier alpha value is -1.47. The molecule has 1 aromatic rings. The summed E-state index contributed by atoms with van der Waals surface area (Å²) in [6, 6.07) is 2.80. The van der Waals surface area contributed by atoms with E-state index in [2.05, 4.69) is 26.2 Å². The van der Waals surface area contributed by atoms with Gasteiger partial charge in [0.25, 0.3) is 5.91 Å². The first kappa shape index (κ1) is 15.9. The molecule has 0 bridgehead atoms. The second kappa shape index (κ2) is 7.51. The first-order valence-electron chi connectivity index (χ1n) is 6.92. The van der Waals surface area contributed by atoms with Gasteiger partial charge in [0.2, 0.25) is 5.91 Å². The summed E-state index contributed by atoms with van der Waals surface area (Å²) in [6.45, 7) is 3.62. The van der Waals surface area contributed by atoms with Crippen molar-refractivity contribution in [3.05, 3.63) is 28.5 Å². The maximum Gasteiger partial charge on any atom is 0.257 e. The second-order valence-electron chi connectivity index (χ2n) is 4.72. The number of carbonyl (C=O) groups is 2. The molecule has 1 aliphatic rings. The minimum Gasteiger partial charge on any atom is -0.377 e. The van der Waals surface area contributed by atoms with Crippen molar-refractivity contribution in [2.75, 3.05) is 26.3 Å². The van der Waals surface area contributed by atoms with Crippen LogP contribution in [-0.2, 0) is 9.53 Å². The summed E-state index contributed by atoms with van der Waals surface area (Å²) < 4.78 is 5.83. The van der Waals surface area contributed by atoms with E-state index in [1.165, 1.54) is 0 Å². The molecule has 2 heterocycles. The van der Waals surface area contributed by atoms with Crippen LogP contribution in [0.5, 0.6) is 0 Å². The molecule has 1 aromatic heterocycles. The Morgan fingerprint density at radius 2 is 2.38 bits per heavy atom. The zero-order valence-corrected chi connectivity index (χ0v) is 13.4. The predicted molar refractivity (Wildman–Crippen MR) is 80.9 cm³/mol. The molecule has 7 heteroatoms. The molecular formula is C14H18BrN3O3. The van der Waals surface area contributed by atoms with E-state index in [0.29, 0.717) is 29.9 Å². The third-order valence-corrected chi connectivity index (χ3v) is 3.86. The summed E-state index contributed by atoms with van der Waals surface area (Å²) in [4.78, 5) is 30.4. The van der Waals surface area contributed by atoms with E-state index in [4.69, 9.17) is 4.74 Å². The van der Waals surface area contributed by atoms with Crippen LogP contribution in [0.1, 0.15) is 23.7 Å². The smallest absolute Gasteiger partial charge is 0.257 e. The van der Waals surface area contributed by atoms with E-state index >= 15 is 0 Å². The largest absolute Gasteiger partial charge is 0.377 e. The number of morpholine rings is 1. The van der Waals surface area contributed by atoms with Gasteiger partial charge in [-0.15, -0.1) is 0 Å². The molecular weight excluding hydrogens is 338 g/mol. The molecule has 1 unspecified atom stereocenters. The summed E-state index contributed by atoms with van der Waals surface area (Å²) in [5.74, 6) is -0.389. The maximum absolute atomic E-state index is 12.6. The van der Waals surface area contributed by atoms with Crippen molar-refractivity contribution in [2.24, 2.45) is 0 Å². The molecule has 6 nitrogen and oxygen atoms in total. The highest BCUT2D eigenvalue weighted by molar-refractivity contribution is 9.10. The first-order chi connectivity index (χ1) is 10.1. The number of halogens is 1. The molecule has 1 aliphatic heterocycles. The molecule has 1 saturated heterocycles. The summed E-state index contributed by atoms with van der Waals surface area (Å²) in [5.41, 5.74) is 0.452. The molecule has 1 fully saturated rings. The van der Waals surface area contributed by atoms with Gasteiger partial charge in [-0.05, 0) is 34.5 Å². The Labute approximate surface area is 132 Å². The minimum atomic E-state index is -0.593. The second-order valence-corrected chi connectivity index (χ2v) is 5.47. The number of hydrogen-bond donors (Lipinski definition) is 1. The van der Waals surface area contributed by atoms with Crippen molar-refractivity contribution in [3.8, 4) is 0 Å². The van der Waals surface area contributed by atoms with Crippen molar-refractivity contribution in [3.63, 3.8) is 0 Å². The van der Waals surface area contributed by atoms with Crippen LogP contribution >= 0.6 is 15.9 Å². The highest BCUT2D eigenvalue weighted by Gasteiger charge is 2.33. The fourth-order valence-electron chi connectivity index (χ4n) is 2.13. The van der Waals surface area contributed by atoms with Crippen molar-refractivity contribution in [2.45, 2.75) is 19.4 Å². The number of aromatic nitrogens is 1. The number of nitrogens with one attached hydrogen (secondary N) is 1. The summed E-state index contributed by atoms with van der Waals surface area (Å²) in [5, 5.41) is 2.81. The monoisotopic (exact) mass is 355 g/mol. The SMILES string of the molecule is CCCNC(=O)C1COCCN1C(=O)c1cccnc1Br. The number of hydrogen-bond acceptors (Lipinski definition) is 4. The molecule has 0 aromatic carbocycles. The number of rotatable bonds is 4. The van der Waals surface area contributed by atoms with Crippen molar-refractivity contribution in [1.82, 2.24) is 15.2 Å². The van der Waals surface area contributed by atoms with E-state index in [9.17, 15) is 9.59 Å². The number of pyridine rings is 1. The molecule has 114 valence electrons. The number of ether oxygens (including phenoxy) is 1. The topological polar surface area (TPSA) is 71.5 Å². The molecule has 0 spiro atoms. The Morgan fingerprint density at radius 1 is 1.57 bits per heavy atom. The van der Waals surface area contributed by atoms with Crippen molar-refractivity contribution >= 4 is 27.7 Å². The zero-order valence-electron chi connectivity index (χ0n) is 11.8. The first-order valence-corrected chi connectivity index (χ1v) is 7.71. The molecule has 0 aliphatic carbocycles. The van der Waals surface area contributed by atoms with Crippen molar-refractivity contribution in [1.29, 1.82) is 0 Å². The molecule has 0 saturated carbocycles. The van der Waals surface area contributed by atoms with Crippen LogP contribution in [0.4, 0.5) is 0 Å². The third kappa shape index (κ3) is 3.79. The Morgan fingerprint density at radius 3 is 3.10 bits per heavy atom. The fourth-order valence-corrected chi connectivity index (χ4v) is 2.55. The summed E-state index contributed by atoms with van der Waals surface area (Å²) in [7, 11) is 0. The lowest BCUT2D eigenvalue weighted by molar-refractivity contribution is -0.130. The lowest BCUT2D eigenvalue weighted by Gasteiger charge is -2.34. The molecule has 21 heavy (non-hydrogen) atoms. The third-order valence-electron chi connectivity index (χ3n) is 3.23. The van der Waals surface area contributed by atoms with E-state index in [-0.39, 0.29) is 18.4 Å². The molecule has 2 rings (SSSR count). The van der Waals surface area contributed by atoms with Gasteiger partial charge in [0, 0.05) is 19.3 Å². The Bertz CT molecular complexity index is 524. The number of amides is 2. The normalized spacial score (nSPS) is 18.4. The average molecular weight is 356 g/mol. The quantitative estimate of drug-likeness (QED) is 0.824. The lowest BCUT2D eigenvalue weighted by atomic mass is 10.1. The molecule has 1 atom stereocenters. The van der Waals surface area contributed by atoms with E-state index in [1.54, 1.807) is 23.2 Å². The van der Waals surface area contributed by atoms with Crippen LogP contribution in [0.2, 0.25) is 0 Å². The Balaban J connectivity index is 2.16. The number of carbonyl (C=O) groups excluding carboxylic acids is 2. The fraction of sp³-hybridized carbons (Fsp3) is 0.500. The van der Waals surface area contributed by atoms with Gasteiger partial charge < -0.3 is 15.0 Å². The molecule has 2 amide bonds. The van der Waals surface area contributed by atoms with Gasteiger partial charge in [-0.1, -0.05) is 6.92 Å². The number of nitrogens with zero attached hydrogens (tertiary/aromatic N) is 2. The minimum absolute atomic E-state index is 0.176. The summed E-state index contributed by atoms with van der Waals surface area (Å²) >= 11 is 3.27. The summed E-state index contributed by atoms with van der Waals surface area (Å²) in [6.07, 6.45) is 2.45. The maximum atomic E-state index is 12.6. The van der Waals surface area contributed by atoms with Crippen LogP contribution in [0.3, 0.4) is 0 Å². The van der Waals surface area contributed by atoms with E-state index < -0.39 is 6.04 Å². The predicted octanol–water partition coefficient (Wildman–Crippen LogP) is 1.21. The average Bonchev–Trinajstić information content (AvgIpc) is 2.52. The van der Waals surface area contributed by atoms with Crippen LogP contribution in [0.15, 0.2) is 22.9 Å². The van der Waals surface area contributed by atoms with Gasteiger partial charge in [-0.25, -0.2) is 4.98 Å². The van der Waals surface area contributed by atoms with Crippen LogP contribution in [0, 0.1) is 0 Å². The van der Waals surface area contributed by atoms with E-state index in [0.717, 1.165) is 6.42 Å². The Kier molecular flexibility index (Phi) is 5.69. The zero-order chi connectivity index (χ0) is 15.2. The molecule has 1 N–H and O–H groups in total. The van der Waals surface area contributed by atoms with Gasteiger partial charge in [-0.3, -0.25) is 9.59 Å². The van der Waals surface area contributed by atoms with Crippen LogP contribution < -0.4 is 5.32 Å². The van der Waals surface area contributed by atoms with Gasteiger partial charge in [0.05, 0.1) is 18.8 Å². The lowest BCUT2D eigenvalue weighted by Crippen LogP contribution is -2.56. The molecule has 0 radical (unpaired) electrons. The van der Waals surface area contributed by atoms with Crippen LogP contribution in [-0.4, -0.2) is 54.0 Å². The highest BCUT2D eigenvalue weighted by atomic mass is 79.9. The van der Waals surface area contributed by atoms with Crippen LogP contribution in [0.25, 0.3) is 0 Å².